The second-order valence-electron chi connectivity index (χ2n) is 7.62. The molecule has 0 radical (unpaired) electrons. The van der Waals surface area contributed by atoms with Crippen molar-refractivity contribution in [3.8, 4) is 5.75 Å². The molecule has 20 heavy (non-hydrogen) atoms. The van der Waals surface area contributed by atoms with E-state index in [1.807, 2.05) is 53.7 Å². The van der Waals surface area contributed by atoms with E-state index in [1.54, 1.807) is 19.0 Å². The van der Waals surface area contributed by atoms with Crippen molar-refractivity contribution < 1.29 is 9.90 Å². The van der Waals surface area contributed by atoms with Crippen molar-refractivity contribution in [2.45, 2.75) is 52.4 Å². The molecule has 0 aliphatic carbocycles. The van der Waals surface area contributed by atoms with Gasteiger partial charge in [-0.25, -0.2) is 0 Å². The number of nitrogens with zero attached hydrogens (tertiary/aromatic N) is 1. The van der Waals surface area contributed by atoms with Crippen molar-refractivity contribution in [3.63, 3.8) is 0 Å². The minimum atomic E-state index is -0.216. The fraction of sp³-hybridized carbons (Fsp3) is 0.588. The van der Waals surface area contributed by atoms with Crippen molar-refractivity contribution in [1.82, 2.24) is 4.90 Å². The molecule has 0 atom stereocenters. The summed E-state index contributed by atoms with van der Waals surface area (Å²) in [6.45, 7) is 12.2. The first-order valence-corrected chi connectivity index (χ1v) is 6.95. The van der Waals surface area contributed by atoms with Gasteiger partial charge < -0.3 is 10.0 Å². The van der Waals surface area contributed by atoms with E-state index in [0.717, 1.165) is 11.1 Å². The highest BCUT2D eigenvalue weighted by Gasteiger charge is 2.28. The van der Waals surface area contributed by atoms with E-state index in [0.29, 0.717) is 11.3 Å². The van der Waals surface area contributed by atoms with Crippen molar-refractivity contribution in [2.24, 2.45) is 0 Å². The van der Waals surface area contributed by atoms with Gasteiger partial charge in [0.05, 0.1) is 0 Å². The van der Waals surface area contributed by atoms with Gasteiger partial charge in [-0.15, -0.1) is 0 Å². The predicted molar refractivity (Wildman–Crippen MR) is 83.5 cm³/mol. The number of aromatic hydroxyl groups is 1. The van der Waals surface area contributed by atoms with Crippen LogP contribution >= 0.6 is 0 Å². The molecule has 112 valence electrons. The number of hydrogen-bond acceptors (Lipinski definition) is 2. The van der Waals surface area contributed by atoms with E-state index in [-0.39, 0.29) is 16.7 Å². The van der Waals surface area contributed by atoms with Crippen molar-refractivity contribution in [3.05, 3.63) is 28.8 Å². The highest BCUT2D eigenvalue weighted by molar-refractivity contribution is 5.94. The summed E-state index contributed by atoms with van der Waals surface area (Å²) < 4.78 is 0. The van der Waals surface area contributed by atoms with Gasteiger partial charge in [-0.2, -0.15) is 0 Å². The number of hydrogen-bond donors (Lipinski definition) is 1. The molecule has 0 bridgehead atoms. The Hall–Kier alpha value is -1.51. The molecule has 0 saturated carbocycles. The largest absolute Gasteiger partial charge is 0.507 e. The lowest BCUT2D eigenvalue weighted by Crippen LogP contribution is -2.24. The highest BCUT2D eigenvalue weighted by Crippen LogP contribution is 2.39. The number of amides is 1. The molecule has 0 saturated heterocycles. The summed E-state index contributed by atoms with van der Waals surface area (Å²) in [6, 6.07) is 3.62. The van der Waals surface area contributed by atoms with E-state index in [4.69, 9.17) is 0 Å². The summed E-state index contributed by atoms with van der Waals surface area (Å²) in [5.41, 5.74) is 1.83. The minimum Gasteiger partial charge on any atom is -0.507 e. The molecule has 1 amide bonds. The van der Waals surface area contributed by atoms with Gasteiger partial charge in [-0.1, -0.05) is 41.5 Å². The third-order valence-electron chi connectivity index (χ3n) is 3.38. The quantitative estimate of drug-likeness (QED) is 0.850. The van der Waals surface area contributed by atoms with Crippen LogP contribution in [0.5, 0.6) is 5.75 Å². The molecule has 1 rings (SSSR count). The first kappa shape index (κ1) is 16.5. The summed E-state index contributed by atoms with van der Waals surface area (Å²) in [5.74, 6) is 0.265. The topological polar surface area (TPSA) is 40.5 Å². The molecule has 0 fully saturated rings. The maximum atomic E-state index is 12.3. The number of phenolic OH excluding ortho intramolecular Hbond substituents is 1. The maximum absolute atomic E-state index is 12.3. The SMILES string of the molecule is CN(C)C(=O)c1cc(C(C)(C)C)c(O)c(C(C)(C)C)c1. The van der Waals surface area contributed by atoms with Crippen molar-refractivity contribution in [1.29, 1.82) is 0 Å². The monoisotopic (exact) mass is 277 g/mol. The third-order valence-corrected chi connectivity index (χ3v) is 3.38. The third kappa shape index (κ3) is 3.33. The van der Waals surface area contributed by atoms with Gasteiger partial charge in [0.2, 0.25) is 0 Å². The average molecular weight is 277 g/mol. The van der Waals surface area contributed by atoms with Crippen LogP contribution in [0.1, 0.15) is 63.0 Å². The smallest absolute Gasteiger partial charge is 0.253 e. The second-order valence-corrected chi connectivity index (χ2v) is 7.62. The van der Waals surface area contributed by atoms with Crippen LogP contribution in [0.2, 0.25) is 0 Å². The summed E-state index contributed by atoms with van der Waals surface area (Å²) in [7, 11) is 3.48. The average Bonchev–Trinajstić information content (AvgIpc) is 2.24. The zero-order chi connectivity index (χ0) is 15.9. The molecule has 0 unspecified atom stereocenters. The maximum Gasteiger partial charge on any atom is 0.253 e. The molecule has 0 aromatic heterocycles. The number of carbonyl (C=O) groups is 1. The van der Waals surface area contributed by atoms with Gasteiger partial charge in [0.15, 0.2) is 0 Å². The molecule has 1 N–H and O–H groups in total. The molecular weight excluding hydrogens is 250 g/mol. The Bertz CT molecular complexity index is 482. The van der Waals surface area contributed by atoms with E-state index < -0.39 is 0 Å². The Labute approximate surface area is 122 Å². The molecule has 0 spiro atoms. The standard InChI is InChI=1S/C17H27NO2/c1-16(2,3)12-9-11(15(20)18(7)8)10-13(14(12)19)17(4,5)6/h9-10,19H,1-8H3. The Kier molecular flexibility index (Phi) is 4.23. The molecule has 1 aromatic carbocycles. The highest BCUT2D eigenvalue weighted by atomic mass is 16.3. The molecule has 0 aliphatic heterocycles. The fourth-order valence-corrected chi connectivity index (χ4v) is 2.16. The minimum absolute atomic E-state index is 0.0407. The number of rotatable bonds is 1. The predicted octanol–water partition coefficient (Wildman–Crippen LogP) is 3.69. The molecule has 3 nitrogen and oxygen atoms in total. The summed E-state index contributed by atoms with van der Waals surface area (Å²) >= 11 is 0. The lowest BCUT2D eigenvalue weighted by molar-refractivity contribution is 0.0827. The van der Waals surface area contributed by atoms with E-state index in [2.05, 4.69) is 0 Å². The molecular formula is C17H27NO2. The second kappa shape index (κ2) is 5.12. The molecule has 3 heteroatoms. The van der Waals surface area contributed by atoms with Crippen LogP contribution in [-0.4, -0.2) is 30.0 Å². The van der Waals surface area contributed by atoms with Gasteiger partial charge in [-0.3, -0.25) is 4.79 Å². The summed E-state index contributed by atoms with van der Waals surface area (Å²) in [6.07, 6.45) is 0. The number of phenols is 1. The zero-order valence-corrected chi connectivity index (χ0v) is 14.0. The van der Waals surface area contributed by atoms with Crippen LogP contribution in [0, 0.1) is 0 Å². The van der Waals surface area contributed by atoms with Crippen LogP contribution in [0.4, 0.5) is 0 Å². The zero-order valence-electron chi connectivity index (χ0n) is 14.0. The lowest BCUT2D eigenvalue weighted by Gasteiger charge is -2.28. The van der Waals surface area contributed by atoms with Crippen molar-refractivity contribution >= 4 is 5.91 Å². The molecule has 0 aliphatic rings. The van der Waals surface area contributed by atoms with Crippen LogP contribution < -0.4 is 0 Å². The summed E-state index contributed by atoms with van der Waals surface area (Å²) in [4.78, 5) is 13.8. The van der Waals surface area contributed by atoms with Gasteiger partial charge in [0.25, 0.3) is 5.91 Å². The van der Waals surface area contributed by atoms with Crippen LogP contribution in [0.15, 0.2) is 12.1 Å². The first-order chi connectivity index (χ1) is 8.85. The van der Waals surface area contributed by atoms with Crippen molar-refractivity contribution in [2.75, 3.05) is 14.1 Å². The van der Waals surface area contributed by atoms with Gasteiger partial charge in [0.1, 0.15) is 5.75 Å². The Balaban J connectivity index is 3.63. The first-order valence-electron chi connectivity index (χ1n) is 6.95. The molecule has 0 heterocycles. The Morgan fingerprint density at radius 3 is 1.55 bits per heavy atom. The fourth-order valence-electron chi connectivity index (χ4n) is 2.16. The van der Waals surface area contributed by atoms with Crippen LogP contribution in [0.25, 0.3) is 0 Å². The van der Waals surface area contributed by atoms with Gasteiger partial charge in [0, 0.05) is 30.8 Å². The Morgan fingerprint density at radius 2 is 1.30 bits per heavy atom. The normalized spacial score (nSPS) is 12.4. The van der Waals surface area contributed by atoms with Crippen LogP contribution in [-0.2, 0) is 10.8 Å². The van der Waals surface area contributed by atoms with E-state index >= 15 is 0 Å². The van der Waals surface area contributed by atoms with E-state index in [1.165, 1.54) is 0 Å². The lowest BCUT2D eigenvalue weighted by atomic mass is 9.78. The van der Waals surface area contributed by atoms with E-state index in [9.17, 15) is 9.90 Å². The number of benzene rings is 1. The van der Waals surface area contributed by atoms with Gasteiger partial charge >= 0.3 is 0 Å². The van der Waals surface area contributed by atoms with Gasteiger partial charge in [-0.05, 0) is 23.0 Å². The van der Waals surface area contributed by atoms with Crippen LogP contribution in [0.3, 0.4) is 0 Å². The number of carbonyl (C=O) groups excluding carboxylic acids is 1. The summed E-state index contributed by atoms with van der Waals surface area (Å²) in [5, 5.41) is 10.6. The molecule has 1 aromatic rings. The Morgan fingerprint density at radius 1 is 0.950 bits per heavy atom.